The molecule has 35 heavy (non-hydrogen) atoms. The lowest BCUT2D eigenvalue weighted by atomic mass is 10.2. The summed E-state index contributed by atoms with van der Waals surface area (Å²) in [6.45, 7) is 1.86. The van der Waals surface area contributed by atoms with Crippen LogP contribution in [0.2, 0.25) is 10.0 Å². The van der Waals surface area contributed by atoms with Gasteiger partial charge >= 0.3 is 0 Å². The summed E-state index contributed by atoms with van der Waals surface area (Å²) in [5.74, 6) is -1.29. The fourth-order valence-electron chi connectivity index (χ4n) is 3.82. The molecule has 10 heteroatoms. The summed E-state index contributed by atoms with van der Waals surface area (Å²) in [6.07, 6.45) is 3.96. The van der Waals surface area contributed by atoms with E-state index in [0.717, 1.165) is 43.9 Å². The fraction of sp³-hybridized carbons (Fsp3) is 0.160. The van der Waals surface area contributed by atoms with E-state index in [4.69, 9.17) is 27.9 Å². The van der Waals surface area contributed by atoms with Crippen LogP contribution in [-0.4, -0.2) is 29.0 Å². The predicted octanol–water partition coefficient (Wildman–Crippen LogP) is 6.86. The summed E-state index contributed by atoms with van der Waals surface area (Å²) in [4.78, 5) is 23.8. The summed E-state index contributed by atoms with van der Waals surface area (Å²) in [5.41, 5.74) is 1.39. The number of carbonyl (C=O) groups is 1. The Hall–Kier alpha value is -3.49. The topological polar surface area (TPSA) is 67.3 Å². The molecule has 178 valence electrons. The molecule has 1 fully saturated rings. The average molecular weight is 515 g/mol. The fourth-order valence-corrected chi connectivity index (χ4v) is 4.17. The maximum Gasteiger partial charge on any atom is 0.255 e. The van der Waals surface area contributed by atoms with Crippen molar-refractivity contribution in [3.8, 4) is 11.5 Å². The quantitative estimate of drug-likeness (QED) is 0.315. The van der Waals surface area contributed by atoms with Crippen molar-refractivity contribution in [3.63, 3.8) is 0 Å². The Morgan fingerprint density at radius 1 is 0.971 bits per heavy atom. The first-order valence-corrected chi connectivity index (χ1v) is 11.6. The van der Waals surface area contributed by atoms with Crippen molar-refractivity contribution in [2.24, 2.45) is 0 Å². The van der Waals surface area contributed by atoms with Crippen LogP contribution in [0, 0.1) is 11.6 Å². The summed E-state index contributed by atoms with van der Waals surface area (Å²) < 4.78 is 34.1. The first-order chi connectivity index (χ1) is 16.9. The number of halogens is 4. The van der Waals surface area contributed by atoms with Crippen molar-refractivity contribution in [2.45, 2.75) is 12.8 Å². The lowest BCUT2D eigenvalue weighted by Crippen LogP contribution is -2.19. The number of hydrogen-bond acceptors (Lipinski definition) is 5. The first kappa shape index (κ1) is 23.3. The van der Waals surface area contributed by atoms with Gasteiger partial charge in [0.05, 0.1) is 27.9 Å². The van der Waals surface area contributed by atoms with Gasteiger partial charge in [0.15, 0.2) is 11.6 Å². The smallest absolute Gasteiger partial charge is 0.255 e. The van der Waals surface area contributed by atoms with Crippen molar-refractivity contribution in [3.05, 3.63) is 82.0 Å². The van der Waals surface area contributed by atoms with Gasteiger partial charge in [-0.15, -0.1) is 0 Å². The Bertz CT molecular complexity index is 1440. The lowest BCUT2D eigenvalue weighted by molar-refractivity contribution is 0.102. The second-order valence-electron chi connectivity index (χ2n) is 8.00. The monoisotopic (exact) mass is 514 g/mol. The van der Waals surface area contributed by atoms with Gasteiger partial charge in [-0.05, 0) is 55.3 Å². The highest BCUT2D eigenvalue weighted by molar-refractivity contribution is 6.35. The number of amides is 1. The van der Waals surface area contributed by atoms with Gasteiger partial charge in [0.25, 0.3) is 5.91 Å². The van der Waals surface area contributed by atoms with E-state index in [-0.39, 0.29) is 27.0 Å². The highest BCUT2D eigenvalue weighted by atomic mass is 35.5. The number of aromatic nitrogens is 2. The van der Waals surface area contributed by atoms with Crippen molar-refractivity contribution in [1.82, 2.24) is 9.97 Å². The number of nitrogens with one attached hydrogen (secondary N) is 1. The Kier molecular flexibility index (Phi) is 6.40. The minimum atomic E-state index is -0.735. The Labute approximate surface area is 209 Å². The molecule has 0 unspecified atom stereocenters. The second-order valence-corrected chi connectivity index (χ2v) is 8.78. The molecule has 1 saturated heterocycles. The minimum absolute atomic E-state index is 0.0247. The summed E-state index contributed by atoms with van der Waals surface area (Å²) >= 11 is 12.0. The summed E-state index contributed by atoms with van der Waals surface area (Å²) in [5, 5.41) is 2.28. The molecule has 1 aromatic heterocycles. The largest absolute Gasteiger partial charge is 0.453 e. The SMILES string of the molecule is O=C(Nc1ccc(F)c(Oc2ccc3ncc(N4CCCC4)nc3c2)c1Cl)c1ccc(Cl)c(F)c1. The molecule has 0 radical (unpaired) electrons. The van der Waals surface area contributed by atoms with Crippen LogP contribution >= 0.6 is 23.2 Å². The second kappa shape index (κ2) is 9.64. The van der Waals surface area contributed by atoms with E-state index in [0.29, 0.717) is 16.8 Å². The van der Waals surface area contributed by atoms with E-state index >= 15 is 0 Å². The molecule has 3 aromatic carbocycles. The Balaban J connectivity index is 1.41. The number of nitrogens with zero attached hydrogens (tertiary/aromatic N) is 3. The van der Waals surface area contributed by atoms with Crippen molar-refractivity contribution in [1.29, 1.82) is 0 Å². The number of benzene rings is 3. The van der Waals surface area contributed by atoms with Crippen LogP contribution in [0.1, 0.15) is 23.2 Å². The highest BCUT2D eigenvalue weighted by Crippen LogP contribution is 2.38. The maximum atomic E-state index is 14.6. The van der Waals surface area contributed by atoms with Gasteiger partial charge in [-0.2, -0.15) is 0 Å². The van der Waals surface area contributed by atoms with Crippen LogP contribution in [0.25, 0.3) is 11.0 Å². The molecule has 4 aromatic rings. The summed E-state index contributed by atoms with van der Waals surface area (Å²) in [7, 11) is 0. The maximum absolute atomic E-state index is 14.6. The third-order valence-electron chi connectivity index (χ3n) is 5.63. The van der Waals surface area contributed by atoms with Crippen LogP contribution < -0.4 is 15.0 Å². The van der Waals surface area contributed by atoms with Crippen LogP contribution in [0.3, 0.4) is 0 Å². The molecule has 0 saturated carbocycles. The number of carbonyl (C=O) groups excluding carboxylic acids is 1. The number of hydrogen-bond donors (Lipinski definition) is 1. The lowest BCUT2D eigenvalue weighted by Gasteiger charge is -2.16. The van der Waals surface area contributed by atoms with Crippen molar-refractivity contribution < 1.29 is 18.3 Å². The molecule has 1 amide bonds. The molecular weight excluding hydrogens is 497 g/mol. The van der Waals surface area contributed by atoms with Crippen LogP contribution in [-0.2, 0) is 0 Å². The molecule has 0 aliphatic carbocycles. The number of rotatable bonds is 5. The van der Waals surface area contributed by atoms with Gasteiger partial charge in [0, 0.05) is 24.7 Å². The molecule has 1 aliphatic heterocycles. The normalized spacial score (nSPS) is 13.3. The van der Waals surface area contributed by atoms with E-state index in [9.17, 15) is 13.6 Å². The van der Waals surface area contributed by atoms with Crippen molar-refractivity contribution >= 4 is 51.6 Å². The van der Waals surface area contributed by atoms with Gasteiger partial charge in [0.1, 0.15) is 22.4 Å². The van der Waals surface area contributed by atoms with Gasteiger partial charge < -0.3 is 15.0 Å². The Morgan fingerprint density at radius 2 is 1.77 bits per heavy atom. The third kappa shape index (κ3) is 4.85. The molecule has 0 atom stereocenters. The highest BCUT2D eigenvalue weighted by Gasteiger charge is 2.19. The van der Waals surface area contributed by atoms with Crippen LogP contribution in [0.4, 0.5) is 20.3 Å². The van der Waals surface area contributed by atoms with Crippen LogP contribution in [0.5, 0.6) is 11.5 Å². The van der Waals surface area contributed by atoms with Crippen molar-refractivity contribution in [2.75, 3.05) is 23.3 Å². The standard InChI is InChI=1S/C25H18Cl2F2N4O2/c26-16-5-3-14(11-18(16)29)25(34)32-20-8-6-17(28)24(23(20)27)35-15-4-7-19-21(12-15)31-22(13-30-19)33-9-1-2-10-33/h3-8,11-13H,1-2,9-10H2,(H,32,34). The minimum Gasteiger partial charge on any atom is -0.453 e. The molecule has 1 N–H and O–H groups in total. The molecule has 6 nitrogen and oxygen atoms in total. The van der Waals surface area contributed by atoms with Gasteiger partial charge in [-0.25, -0.2) is 13.8 Å². The zero-order valence-corrected chi connectivity index (χ0v) is 19.7. The van der Waals surface area contributed by atoms with Gasteiger partial charge in [-0.3, -0.25) is 9.78 Å². The van der Waals surface area contributed by atoms with Gasteiger partial charge in [0.2, 0.25) is 0 Å². The average Bonchev–Trinajstić information content (AvgIpc) is 3.40. The molecule has 0 bridgehead atoms. The van der Waals surface area contributed by atoms with E-state index < -0.39 is 17.5 Å². The van der Waals surface area contributed by atoms with E-state index in [1.165, 1.54) is 18.2 Å². The molecule has 0 spiro atoms. The van der Waals surface area contributed by atoms with E-state index in [2.05, 4.69) is 20.2 Å². The molecule has 2 heterocycles. The molecule has 5 rings (SSSR count). The zero-order chi connectivity index (χ0) is 24.5. The number of ether oxygens (including phenoxy) is 1. The van der Waals surface area contributed by atoms with Crippen LogP contribution in [0.15, 0.2) is 54.7 Å². The zero-order valence-electron chi connectivity index (χ0n) is 18.2. The van der Waals surface area contributed by atoms with E-state index in [1.807, 2.05) is 0 Å². The first-order valence-electron chi connectivity index (χ1n) is 10.8. The van der Waals surface area contributed by atoms with E-state index in [1.54, 1.807) is 24.4 Å². The number of anilines is 2. The molecular formula is C25H18Cl2F2N4O2. The summed E-state index contributed by atoms with van der Waals surface area (Å²) in [6, 6.07) is 11.0. The molecule has 1 aliphatic rings. The number of fused-ring (bicyclic) bond motifs is 1. The predicted molar refractivity (Wildman–Crippen MR) is 132 cm³/mol. The third-order valence-corrected chi connectivity index (χ3v) is 6.31. The van der Waals surface area contributed by atoms with Gasteiger partial charge in [-0.1, -0.05) is 23.2 Å². The Morgan fingerprint density at radius 3 is 2.54 bits per heavy atom.